The Kier molecular flexibility index (Phi) is 3.80. The number of rotatable bonds is 4. The van der Waals surface area contributed by atoms with E-state index in [1.54, 1.807) is 0 Å². The quantitative estimate of drug-likeness (QED) is 0.586. The van der Waals surface area contributed by atoms with E-state index in [2.05, 4.69) is 20.4 Å². The number of hydrogen-bond donors (Lipinski definition) is 0. The maximum absolute atomic E-state index is 5.88. The van der Waals surface area contributed by atoms with Crippen molar-refractivity contribution in [3.8, 4) is 0 Å². The molecule has 1 saturated heterocycles. The highest BCUT2D eigenvalue weighted by Crippen LogP contribution is 2.27. The third-order valence-corrected chi connectivity index (χ3v) is 2.58. The molecule has 1 heteroatoms. The Bertz CT molecular complexity index is 140. The second-order valence-corrected chi connectivity index (χ2v) is 3.98. The molecule has 2 unspecified atom stereocenters. The van der Waals surface area contributed by atoms with Gasteiger partial charge in [-0.1, -0.05) is 19.9 Å². The lowest BCUT2D eigenvalue weighted by atomic mass is 10.0. The van der Waals surface area contributed by atoms with Crippen LogP contribution in [0, 0.1) is 5.92 Å². The highest BCUT2D eigenvalue weighted by atomic mass is 16.5. The van der Waals surface area contributed by atoms with E-state index in [0.717, 1.165) is 12.8 Å². The van der Waals surface area contributed by atoms with E-state index in [1.165, 1.54) is 12.8 Å². The van der Waals surface area contributed by atoms with Gasteiger partial charge in [0.15, 0.2) is 0 Å². The van der Waals surface area contributed by atoms with E-state index >= 15 is 0 Å². The first-order valence-corrected chi connectivity index (χ1v) is 5.00. The van der Waals surface area contributed by atoms with Gasteiger partial charge in [0.1, 0.15) is 0 Å². The fraction of sp³-hybridized carbons (Fsp3) is 0.818. The van der Waals surface area contributed by atoms with Crippen LogP contribution in [0.2, 0.25) is 0 Å². The van der Waals surface area contributed by atoms with Crippen LogP contribution >= 0.6 is 0 Å². The Morgan fingerprint density at radius 2 is 2.25 bits per heavy atom. The fourth-order valence-corrected chi connectivity index (χ4v) is 1.74. The van der Waals surface area contributed by atoms with Crippen molar-refractivity contribution >= 4 is 0 Å². The van der Waals surface area contributed by atoms with E-state index in [4.69, 9.17) is 4.74 Å². The molecule has 1 rings (SSSR count). The Balaban J connectivity index is 2.21. The van der Waals surface area contributed by atoms with Gasteiger partial charge in [-0.05, 0) is 31.6 Å². The molecule has 0 aliphatic carbocycles. The van der Waals surface area contributed by atoms with Crippen molar-refractivity contribution in [2.24, 2.45) is 5.92 Å². The summed E-state index contributed by atoms with van der Waals surface area (Å²) in [5, 5.41) is 0. The Morgan fingerprint density at radius 1 is 1.50 bits per heavy atom. The van der Waals surface area contributed by atoms with Gasteiger partial charge >= 0.3 is 0 Å². The molecular weight excluding hydrogens is 148 g/mol. The molecule has 0 bridgehead atoms. The predicted octanol–water partition coefficient (Wildman–Crippen LogP) is 3.16. The van der Waals surface area contributed by atoms with Crippen LogP contribution in [0.4, 0.5) is 0 Å². The van der Waals surface area contributed by atoms with Crippen molar-refractivity contribution in [1.29, 1.82) is 0 Å². The van der Waals surface area contributed by atoms with E-state index < -0.39 is 0 Å². The highest BCUT2D eigenvalue weighted by Gasteiger charge is 2.26. The number of hydrogen-bond acceptors (Lipinski definition) is 1. The van der Waals surface area contributed by atoms with Gasteiger partial charge < -0.3 is 4.74 Å². The summed E-state index contributed by atoms with van der Waals surface area (Å²) in [4.78, 5) is 0. The van der Waals surface area contributed by atoms with Gasteiger partial charge in [-0.15, -0.1) is 6.58 Å². The zero-order chi connectivity index (χ0) is 8.97. The normalized spacial score (nSPS) is 29.6. The molecule has 0 N–H and O–H groups in total. The van der Waals surface area contributed by atoms with Crippen LogP contribution < -0.4 is 0 Å². The van der Waals surface area contributed by atoms with Crippen LogP contribution in [0.1, 0.15) is 39.5 Å². The predicted molar refractivity (Wildman–Crippen MR) is 52.2 cm³/mol. The topological polar surface area (TPSA) is 9.23 Å². The number of allylic oxidation sites excluding steroid dienone is 1. The maximum Gasteiger partial charge on any atom is 0.0602 e. The van der Waals surface area contributed by atoms with Gasteiger partial charge in [-0.25, -0.2) is 0 Å². The average molecular weight is 168 g/mol. The first-order valence-electron chi connectivity index (χ1n) is 5.00. The van der Waals surface area contributed by atoms with Crippen molar-refractivity contribution in [1.82, 2.24) is 0 Å². The molecule has 0 spiro atoms. The summed E-state index contributed by atoms with van der Waals surface area (Å²) < 4.78 is 5.88. The Morgan fingerprint density at radius 3 is 2.75 bits per heavy atom. The van der Waals surface area contributed by atoms with Crippen LogP contribution in [0.3, 0.4) is 0 Å². The van der Waals surface area contributed by atoms with Crippen molar-refractivity contribution in [3.05, 3.63) is 12.7 Å². The van der Waals surface area contributed by atoms with Crippen molar-refractivity contribution in [2.75, 3.05) is 0 Å². The van der Waals surface area contributed by atoms with Gasteiger partial charge in [-0.2, -0.15) is 0 Å². The Hall–Kier alpha value is -0.300. The molecule has 12 heavy (non-hydrogen) atoms. The molecule has 0 aromatic heterocycles. The van der Waals surface area contributed by atoms with Gasteiger partial charge in [0.05, 0.1) is 12.2 Å². The summed E-state index contributed by atoms with van der Waals surface area (Å²) in [7, 11) is 0. The highest BCUT2D eigenvalue weighted by molar-refractivity contribution is 4.78. The molecule has 1 nitrogen and oxygen atoms in total. The minimum Gasteiger partial charge on any atom is -0.375 e. The first-order chi connectivity index (χ1) is 5.74. The van der Waals surface area contributed by atoms with E-state index in [1.807, 2.05) is 6.08 Å². The molecule has 0 amide bonds. The lowest BCUT2D eigenvalue weighted by Crippen LogP contribution is -2.16. The van der Waals surface area contributed by atoms with Crippen molar-refractivity contribution in [3.63, 3.8) is 0 Å². The molecular formula is C11H20O. The summed E-state index contributed by atoms with van der Waals surface area (Å²) in [6.45, 7) is 8.19. The molecule has 0 saturated carbocycles. The maximum atomic E-state index is 5.88. The number of ether oxygens (including phenoxy) is 1. The average Bonchev–Trinajstić information content (AvgIpc) is 2.48. The summed E-state index contributed by atoms with van der Waals surface area (Å²) >= 11 is 0. The van der Waals surface area contributed by atoms with E-state index in [-0.39, 0.29) is 0 Å². The third-order valence-electron chi connectivity index (χ3n) is 2.58. The second-order valence-electron chi connectivity index (χ2n) is 3.98. The largest absolute Gasteiger partial charge is 0.375 e. The van der Waals surface area contributed by atoms with Crippen LogP contribution in [0.25, 0.3) is 0 Å². The monoisotopic (exact) mass is 168 g/mol. The van der Waals surface area contributed by atoms with E-state index in [0.29, 0.717) is 18.1 Å². The summed E-state index contributed by atoms with van der Waals surface area (Å²) in [6.07, 6.45) is 7.75. The van der Waals surface area contributed by atoms with Crippen molar-refractivity contribution in [2.45, 2.75) is 51.7 Å². The first kappa shape index (κ1) is 9.79. The zero-order valence-corrected chi connectivity index (χ0v) is 8.25. The fourth-order valence-electron chi connectivity index (χ4n) is 1.74. The van der Waals surface area contributed by atoms with Gasteiger partial charge in [0.2, 0.25) is 0 Å². The second kappa shape index (κ2) is 4.66. The SMILES string of the molecule is C=CCCC1CCC(C(C)C)O1. The lowest BCUT2D eigenvalue weighted by molar-refractivity contribution is 0.0164. The Labute approximate surface area is 75.8 Å². The smallest absolute Gasteiger partial charge is 0.0602 e. The lowest BCUT2D eigenvalue weighted by Gasteiger charge is -2.15. The van der Waals surface area contributed by atoms with Crippen molar-refractivity contribution < 1.29 is 4.74 Å². The molecule has 1 aliphatic heterocycles. The molecule has 1 fully saturated rings. The summed E-state index contributed by atoms with van der Waals surface area (Å²) in [5.41, 5.74) is 0. The van der Waals surface area contributed by atoms with E-state index in [9.17, 15) is 0 Å². The minimum absolute atomic E-state index is 0.510. The molecule has 0 aromatic rings. The third kappa shape index (κ3) is 2.63. The molecule has 0 aromatic carbocycles. The standard InChI is InChI=1S/C11H20O/c1-4-5-6-10-7-8-11(12-10)9(2)3/h4,9-11H,1,5-8H2,2-3H3. The van der Waals surface area contributed by atoms with Crippen LogP contribution in [-0.2, 0) is 4.74 Å². The van der Waals surface area contributed by atoms with Gasteiger partial charge in [0, 0.05) is 0 Å². The summed E-state index contributed by atoms with van der Waals surface area (Å²) in [5.74, 6) is 0.679. The van der Waals surface area contributed by atoms with Gasteiger partial charge in [-0.3, -0.25) is 0 Å². The minimum atomic E-state index is 0.510. The van der Waals surface area contributed by atoms with Crippen LogP contribution in [-0.4, -0.2) is 12.2 Å². The molecule has 1 aliphatic rings. The van der Waals surface area contributed by atoms with Crippen LogP contribution in [0.15, 0.2) is 12.7 Å². The molecule has 1 heterocycles. The van der Waals surface area contributed by atoms with Crippen LogP contribution in [0.5, 0.6) is 0 Å². The summed E-state index contributed by atoms with van der Waals surface area (Å²) in [6, 6.07) is 0. The zero-order valence-electron chi connectivity index (χ0n) is 8.25. The molecule has 0 radical (unpaired) electrons. The van der Waals surface area contributed by atoms with Gasteiger partial charge in [0.25, 0.3) is 0 Å². The molecule has 2 atom stereocenters. The molecule has 70 valence electrons.